The predicted octanol–water partition coefficient (Wildman–Crippen LogP) is 0.915. The molecule has 4 nitrogen and oxygen atoms in total. The van der Waals surface area contributed by atoms with Crippen LogP contribution in [0.1, 0.15) is 12.8 Å². The van der Waals surface area contributed by atoms with Gasteiger partial charge < -0.3 is 9.47 Å². The number of carbonyl (C=O) groups is 2. The molecule has 2 unspecified atom stereocenters. The molecule has 0 aromatic carbocycles. The van der Waals surface area contributed by atoms with Crippen molar-refractivity contribution in [2.45, 2.75) is 12.8 Å². The lowest BCUT2D eigenvalue weighted by molar-refractivity contribution is -0.156. The maximum absolute atomic E-state index is 11.3. The molecule has 0 amide bonds. The fraction of sp³-hybridized carbons (Fsp3) is 0.600. The highest BCUT2D eigenvalue weighted by Gasteiger charge is 2.40. The Labute approximate surface area is 82.9 Å². The Morgan fingerprint density at radius 3 is 1.79 bits per heavy atom. The summed E-state index contributed by atoms with van der Waals surface area (Å²) in [5.41, 5.74) is 0.899. The van der Waals surface area contributed by atoms with E-state index < -0.39 is 11.8 Å². The number of ether oxygens (including phenoxy) is 2. The molecule has 14 heavy (non-hydrogen) atoms. The molecule has 1 rings (SSSR count). The highest BCUT2D eigenvalue weighted by Crippen LogP contribution is 2.36. The van der Waals surface area contributed by atoms with E-state index in [1.54, 1.807) is 0 Å². The molecule has 1 aliphatic rings. The van der Waals surface area contributed by atoms with Gasteiger partial charge in [-0.3, -0.25) is 9.59 Å². The third-order valence-electron chi connectivity index (χ3n) is 2.51. The van der Waals surface area contributed by atoms with E-state index >= 15 is 0 Å². The van der Waals surface area contributed by atoms with Crippen LogP contribution >= 0.6 is 0 Å². The van der Waals surface area contributed by atoms with Gasteiger partial charge in [-0.05, 0) is 12.8 Å². The fourth-order valence-corrected chi connectivity index (χ4v) is 1.79. The van der Waals surface area contributed by atoms with Gasteiger partial charge in [-0.1, -0.05) is 12.2 Å². The van der Waals surface area contributed by atoms with Gasteiger partial charge in [0.25, 0.3) is 0 Å². The molecule has 4 heteroatoms. The predicted molar refractivity (Wildman–Crippen MR) is 49.4 cm³/mol. The number of carbonyl (C=O) groups excluding carboxylic acids is 2. The zero-order valence-corrected chi connectivity index (χ0v) is 8.41. The third-order valence-corrected chi connectivity index (χ3v) is 2.51. The van der Waals surface area contributed by atoms with Crippen LogP contribution < -0.4 is 0 Å². The minimum Gasteiger partial charge on any atom is -0.469 e. The van der Waals surface area contributed by atoms with E-state index in [0.717, 1.165) is 5.57 Å². The van der Waals surface area contributed by atoms with Gasteiger partial charge in [0, 0.05) is 0 Å². The number of rotatable bonds is 2. The van der Waals surface area contributed by atoms with Crippen molar-refractivity contribution in [3.8, 4) is 0 Å². The Hall–Kier alpha value is -1.32. The second kappa shape index (κ2) is 4.26. The zero-order chi connectivity index (χ0) is 10.7. The van der Waals surface area contributed by atoms with E-state index in [0.29, 0.717) is 12.8 Å². The van der Waals surface area contributed by atoms with Crippen LogP contribution in [0.3, 0.4) is 0 Å². The second-order valence-electron chi connectivity index (χ2n) is 3.42. The van der Waals surface area contributed by atoms with Crippen molar-refractivity contribution >= 4 is 11.9 Å². The zero-order valence-electron chi connectivity index (χ0n) is 8.41. The minimum absolute atomic E-state index is 0.362. The lowest BCUT2D eigenvalue weighted by Crippen LogP contribution is -2.27. The van der Waals surface area contributed by atoms with Crippen molar-refractivity contribution in [3.63, 3.8) is 0 Å². The van der Waals surface area contributed by atoms with Gasteiger partial charge in [-0.15, -0.1) is 0 Å². The first-order valence-corrected chi connectivity index (χ1v) is 4.42. The van der Waals surface area contributed by atoms with Gasteiger partial charge in [-0.25, -0.2) is 0 Å². The number of methoxy groups -OCH3 is 2. The summed E-state index contributed by atoms with van der Waals surface area (Å²) in [6, 6.07) is 0. The smallest absolute Gasteiger partial charge is 0.309 e. The molecule has 0 bridgehead atoms. The summed E-state index contributed by atoms with van der Waals surface area (Å²) in [5.74, 6) is -1.56. The van der Waals surface area contributed by atoms with Crippen molar-refractivity contribution in [2.24, 2.45) is 11.8 Å². The molecule has 1 aliphatic carbocycles. The molecule has 0 spiro atoms. The molecule has 2 atom stereocenters. The van der Waals surface area contributed by atoms with Crippen LogP contribution in [0, 0.1) is 11.8 Å². The van der Waals surface area contributed by atoms with Crippen molar-refractivity contribution in [3.05, 3.63) is 12.2 Å². The van der Waals surface area contributed by atoms with E-state index in [1.165, 1.54) is 14.2 Å². The van der Waals surface area contributed by atoms with E-state index in [1.807, 2.05) is 0 Å². The first-order valence-electron chi connectivity index (χ1n) is 4.42. The summed E-state index contributed by atoms with van der Waals surface area (Å²) in [6.45, 7) is 3.77. The molecule has 0 aromatic rings. The largest absolute Gasteiger partial charge is 0.469 e. The average Bonchev–Trinajstić information content (AvgIpc) is 2.58. The summed E-state index contributed by atoms with van der Waals surface area (Å²) in [5, 5.41) is 0. The molecule has 78 valence electrons. The van der Waals surface area contributed by atoms with Crippen molar-refractivity contribution in [1.29, 1.82) is 0 Å². The van der Waals surface area contributed by atoms with Crippen LogP contribution in [-0.2, 0) is 19.1 Å². The highest BCUT2D eigenvalue weighted by atomic mass is 16.5. The Morgan fingerprint density at radius 1 is 1.14 bits per heavy atom. The third kappa shape index (κ3) is 1.95. The van der Waals surface area contributed by atoms with Gasteiger partial charge in [0.05, 0.1) is 26.1 Å². The summed E-state index contributed by atoms with van der Waals surface area (Å²) < 4.78 is 9.24. The second-order valence-corrected chi connectivity index (χ2v) is 3.42. The van der Waals surface area contributed by atoms with Crippen LogP contribution in [-0.4, -0.2) is 26.2 Å². The van der Waals surface area contributed by atoms with E-state index in [9.17, 15) is 9.59 Å². The van der Waals surface area contributed by atoms with Crippen LogP contribution in [0.5, 0.6) is 0 Å². The highest BCUT2D eigenvalue weighted by molar-refractivity contribution is 5.83. The van der Waals surface area contributed by atoms with E-state index in [2.05, 4.69) is 16.1 Å². The lowest BCUT2D eigenvalue weighted by atomic mass is 9.96. The maximum atomic E-state index is 11.3. The Bertz CT molecular complexity index is 243. The monoisotopic (exact) mass is 198 g/mol. The number of hydrogen-bond acceptors (Lipinski definition) is 4. The van der Waals surface area contributed by atoms with Crippen LogP contribution in [0.25, 0.3) is 0 Å². The summed E-state index contributed by atoms with van der Waals surface area (Å²) in [7, 11) is 2.63. The first-order chi connectivity index (χ1) is 6.60. The van der Waals surface area contributed by atoms with Gasteiger partial charge in [0.2, 0.25) is 0 Å². The molecule has 0 aromatic heterocycles. The normalized spacial score (nSPS) is 26.0. The van der Waals surface area contributed by atoms with Crippen molar-refractivity contribution < 1.29 is 19.1 Å². The molecular formula is C10H14O4. The van der Waals surface area contributed by atoms with E-state index in [4.69, 9.17) is 0 Å². The molecule has 1 fully saturated rings. The van der Waals surface area contributed by atoms with Crippen LogP contribution in [0.2, 0.25) is 0 Å². The molecule has 0 heterocycles. The fourth-order valence-electron chi connectivity index (χ4n) is 1.79. The SMILES string of the molecule is C=C1CC(C(=O)OC)C(C(=O)OC)C1. The first kappa shape index (κ1) is 10.8. The van der Waals surface area contributed by atoms with Gasteiger partial charge in [0.15, 0.2) is 0 Å². The molecular weight excluding hydrogens is 184 g/mol. The summed E-state index contributed by atoms with van der Waals surface area (Å²) in [4.78, 5) is 22.6. The average molecular weight is 198 g/mol. The Morgan fingerprint density at radius 2 is 1.50 bits per heavy atom. The lowest BCUT2D eigenvalue weighted by Gasteiger charge is -2.13. The Kier molecular flexibility index (Phi) is 3.28. The number of hydrogen-bond donors (Lipinski definition) is 0. The van der Waals surface area contributed by atoms with Crippen LogP contribution in [0.4, 0.5) is 0 Å². The number of allylic oxidation sites excluding steroid dienone is 1. The summed E-state index contributed by atoms with van der Waals surface area (Å²) >= 11 is 0. The van der Waals surface area contributed by atoms with Gasteiger partial charge in [0.1, 0.15) is 0 Å². The summed E-state index contributed by atoms with van der Waals surface area (Å²) in [6.07, 6.45) is 1.04. The van der Waals surface area contributed by atoms with Gasteiger partial charge >= 0.3 is 11.9 Å². The van der Waals surface area contributed by atoms with Gasteiger partial charge in [-0.2, -0.15) is 0 Å². The van der Waals surface area contributed by atoms with Crippen LogP contribution in [0.15, 0.2) is 12.2 Å². The molecule has 1 saturated carbocycles. The van der Waals surface area contributed by atoms with Crippen molar-refractivity contribution in [2.75, 3.05) is 14.2 Å². The molecule has 0 saturated heterocycles. The Balaban J connectivity index is 2.77. The van der Waals surface area contributed by atoms with E-state index in [-0.39, 0.29) is 11.9 Å². The minimum atomic E-state index is -0.417. The van der Waals surface area contributed by atoms with Crippen molar-refractivity contribution in [1.82, 2.24) is 0 Å². The maximum Gasteiger partial charge on any atom is 0.309 e. The quantitative estimate of drug-likeness (QED) is 0.489. The number of esters is 2. The topological polar surface area (TPSA) is 52.6 Å². The standard InChI is InChI=1S/C10H14O4/c1-6-4-7(9(11)13-2)8(5-6)10(12)14-3/h7-8H,1,4-5H2,2-3H3. The molecule has 0 N–H and O–H groups in total. The molecule has 0 radical (unpaired) electrons. The molecule has 0 aliphatic heterocycles.